The van der Waals surface area contributed by atoms with Gasteiger partial charge >= 0.3 is 0 Å². The Kier molecular flexibility index (Phi) is 14.2. The molecule has 24 aromatic rings. The van der Waals surface area contributed by atoms with Gasteiger partial charge in [-0.1, -0.05) is 268 Å². The molecule has 0 aliphatic heterocycles. The minimum Gasteiger partial charge on any atom is -0.454 e. The molecule has 0 radical (unpaired) electrons. The van der Waals surface area contributed by atoms with E-state index in [1.807, 2.05) is 12.1 Å². The SMILES string of the molecule is c1ccc(N(c2ccc3ccc4c(N(c5ccc(C6(c7ccc(N(c8ccc9ccc%10c(N(c%11ccccc%11)c%11cccc%12c%11oc%11ccccc%11%12)ccc%11ccc8c9c%11%10)c8cccc9c8oc8ccccc89)cc7)CCCC6)cc5)c5cccc6c5oc5ccccc56)ccc5ccc2c3c54)c2cccc3c2oc2ccccc23)cc1. The zero-order valence-corrected chi connectivity index (χ0v) is 63.5. The van der Waals surface area contributed by atoms with Crippen LogP contribution in [0.25, 0.3) is 152 Å². The van der Waals surface area contributed by atoms with Crippen LogP contribution in [-0.4, -0.2) is 0 Å². The summed E-state index contributed by atoms with van der Waals surface area (Å²) in [6.45, 7) is 0. The fourth-order valence-electron chi connectivity index (χ4n) is 20.3. The van der Waals surface area contributed by atoms with Crippen molar-refractivity contribution in [2.45, 2.75) is 31.1 Å². The first-order chi connectivity index (χ1) is 58.0. The van der Waals surface area contributed by atoms with E-state index in [4.69, 9.17) is 17.7 Å². The summed E-state index contributed by atoms with van der Waals surface area (Å²) in [5, 5.41) is 22.7. The molecule has 117 heavy (non-hydrogen) atoms. The van der Waals surface area contributed by atoms with Gasteiger partial charge in [-0.05, 0) is 188 Å². The van der Waals surface area contributed by atoms with Gasteiger partial charge in [0.15, 0.2) is 22.3 Å². The highest BCUT2D eigenvalue weighted by Crippen LogP contribution is 2.56. The minimum atomic E-state index is -0.257. The van der Waals surface area contributed by atoms with E-state index in [2.05, 4.69) is 384 Å². The summed E-state index contributed by atoms with van der Waals surface area (Å²) < 4.78 is 27.7. The van der Waals surface area contributed by atoms with Gasteiger partial charge in [-0.2, -0.15) is 0 Å². The monoisotopic (exact) mass is 1500 g/mol. The van der Waals surface area contributed by atoms with E-state index in [0.717, 1.165) is 203 Å². The number of hydrogen-bond acceptors (Lipinski definition) is 8. The molecule has 1 fully saturated rings. The normalized spacial score (nSPS) is 13.2. The number of nitrogens with zero attached hydrogens (tertiary/aromatic N) is 4. The van der Waals surface area contributed by atoms with Crippen LogP contribution < -0.4 is 19.6 Å². The summed E-state index contributed by atoms with van der Waals surface area (Å²) in [6.07, 6.45) is 4.29. The Bertz CT molecular complexity index is 7640. The molecule has 0 saturated heterocycles. The van der Waals surface area contributed by atoms with Gasteiger partial charge in [0.25, 0.3) is 0 Å². The Balaban J connectivity index is 0.631. The first-order valence-corrected chi connectivity index (χ1v) is 40.6. The van der Waals surface area contributed by atoms with Crippen LogP contribution in [0.5, 0.6) is 0 Å². The van der Waals surface area contributed by atoms with Crippen LogP contribution in [0.4, 0.5) is 68.2 Å². The third-order valence-electron chi connectivity index (χ3n) is 25.5. The second-order valence-electron chi connectivity index (χ2n) is 31.6. The van der Waals surface area contributed by atoms with Crippen LogP contribution in [0, 0.1) is 0 Å². The third kappa shape index (κ3) is 9.76. The Hall–Kier alpha value is -15.1. The summed E-state index contributed by atoms with van der Waals surface area (Å²) in [5.41, 5.74) is 21.4. The molecule has 8 nitrogen and oxygen atoms in total. The first kappa shape index (κ1) is 65.4. The summed E-state index contributed by atoms with van der Waals surface area (Å²) in [4.78, 5) is 9.67. The number of benzene rings is 20. The van der Waals surface area contributed by atoms with Crippen LogP contribution in [0.1, 0.15) is 36.8 Å². The highest BCUT2D eigenvalue weighted by molar-refractivity contribution is 6.31. The number of fused-ring (bicyclic) bond motifs is 12. The molecule has 0 bridgehead atoms. The highest BCUT2D eigenvalue weighted by atomic mass is 16.3. The maximum absolute atomic E-state index is 7.04. The fraction of sp³-hybridized carbons (Fsp3) is 0.0459. The summed E-state index contributed by atoms with van der Waals surface area (Å²) in [5.74, 6) is 0. The first-order valence-electron chi connectivity index (χ1n) is 40.6. The van der Waals surface area contributed by atoms with Crippen LogP contribution in [0.2, 0.25) is 0 Å². The summed E-state index contributed by atoms with van der Waals surface area (Å²) >= 11 is 0. The fourth-order valence-corrected chi connectivity index (χ4v) is 20.3. The van der Waals surface area contributed by atoms with E-state index in [1.165, 1.54) is 54.2 Å². The van der Waals surface area contributed by atoms with E-state index < -0.39 is 0 Å². The lowest BCUT2D eigenvalue weighted by atomic mass is 9.73. The molecule has 0 N–H and O–H groups in total. The van der Waals surface area contributed by atoms with Crippen LogP contribution in [0.15, 0.2) is 394 Å². The van der Waals surface area contributed by atoms with Gasteiger partial charge in [-0.25, -0.2) is 0 Å². The number of hydrogen-bond donors (Lipinski definition) is 0. The quantitative estimate of drug-likeness (QED) is 0.0998. The lowest BCUT2D eigenvalue weighted by Crippen LogP contribution is -2.24. The Morgan fingerprint density at radius 1 is 0.179 bits per heavy atom. The van der Waals surface area contributed by atoms with E-state index in [-0.39, 0.29) is 5.41 Å². The topological polar surface area (TPSA) is 65.5 Å². The molecule has 1 aliphatic rings. The largest absolute Gasteiger partial charge is 0.454 e. The van der Waals surface area contributed by atoms with Crippen LogP contribution in [-0.2, 0) is 5.41 Å². The smallest absolute Gasteiger partial charge is 0.159 e. The molecule has 0 amide bonds. The average Bonchev–Trinajstić information content (AvgIpc) is 1.56. The molecule has 25 rings (SSSR count). The molecule has 0 spiro atoms. The summed E-state index contributed by atoms with van der Waals surface area (Å²) in [7, 11) is 0. The van der Waals surface area contributed by atoms with Crippen molar-refractivity contribution in [2.24, 2.45) is 0 Å². The van der Waals surface area contributed by atoms with Crippen LogP contribution in [0.3, 0.4) is 0 Å². The second-order valence-corrected chi connectivity index (χ2v) is 31.6. The van der Waals surface area contributed by atoms with Crippen molar-refractivity contribution in [2.75, 3.05) is 19.6 Å². The zero-order chi connectivity index (χ0) is 76.6. The number of anilines is 12. The predicted molar refractivity (Wildman–Crippen MR) is 487 cm³/mol. The van der Waals surface area contributed by atoms with Gasteiger partial charge in [0.2, 0.25) is 0 Å². The van der Waals surface area contributed by atoms with Gasteiger partial charge in [-0.15, -0.1) is 0 Å². The van der Waals surface area contributed by atoms with Gasteiger partial charge in [0.05, 0.1) is 45.5 Å². The molecule has 8 heteroatoms. The molecule has 0 atom stereocenters. The van der Waals surface area contributed by atoms with E-state index in [9.17, 15) is 0 Å². The molecule has 1 aliphatic carbocycles. The minimum absolute atomic E-state index is 0.257. The van der Waals surface area contributed by atoms with Gasteiger partial charge in [0.1, 0.15) is 22.3 Å². The Labute approximate surface area is 671 Å². The molecule has 0 unspecified atom stereocenters. The predicted octanol–water partition coefficient (Wildman–Crippen LogP) is 31.8. The molecular weight excluding hydrogens is 1430 g/mol. The van der Waals surface area contributed by atoms with Crippen molar-refractivity contribution in [3.05, 3.63) is 387 Å². The van der Waals surface area contributed by atoms with Crippen molar-refractivity contribution in [3.8, 4) is 0 Å². The molecule has 1 saturated carbocycles. The average molecular weight is 1500 g/mol. The van der Waals surface area contributed by atoms with E-state index in [1.54, 1.807) is 0 Å². The van der Waals surface area contributed by atoms with Crippen molar-refractivity contribution in [1.82, 2.24) is 0 Å². The van der Waals surface area contributed by atoms with Crippen molar-refractivity contribution < 1.29 is 17.7 Å². The van der Waals surface area contributed by atoms with E-state index in [0.29, 0.717) is 0 Å². The second kappa shape index (κ2) is 25.4. The molecule has 20 aromatic carbocycles. The lowest BCUT2D eigenvalue weighted by molar-refractivity contribution is 0.535. The number of para-hydroxylation sites is 10. The van der Waals surface area contributed by atoms with Gasteiger partial charge in [-0.3, -0.25) is 0 Å². The van der Waals surface area contributed by atoms with Crippen LogP contribution >= 0.6 is 0 Å². The van der Waals surface area contributed by atoms with Crippen molar-refractivity contribution >= 4 is 221 Å². The highest BCUT2D eigenvalue weighted by Gasteiger charge is 2.39. The van der Waals surface area contributed by atoms with Crippen molar-refractivity contribution in [1.29, 1.82) is 0 Å². The molecule has 4 heterocycles. The van der Waals surface area contributed by atoms with Gasteiger partial charge in [0, 0.05) is 92.8 Å². The standard InChI is InChI=1S/C109H70N4O4/c1-3-21-73(22-4-1)110(93-33-17-29-81-77-25-7-11-37-97(77)114-105(81)93)89-61-45-67-43-59-87-91(63-47-69-41-57-85(89)101(67)103(69)87)112(95-35-19-31-83-79-27-9-13-39-99(79)116-107(83)95)75-53-49-71(50-54-75)109(65-15-16-66-109)72-51-55-76(56-52-72)113(96-36-20-32-84-80-28-10-14-40-100(80)117-108(84)96)92-64-48-70-42-58-86-90(62-46-68-44-60-88(92)104(70)102(68)86)111(74-23-5-2-6-24-74)94-34-18-30-82-78-26-8-12-38-98(78)115-106(82)94/h1-14,17-64H,15-16,65-66H2. The summed E-state index contributed by atoms with van der Waals surface area (Å²) in [6, 6.07) is 137. The van der Waals surface area contributed by atoms with Crippen molar-refractivity contribution in [3.63, 3.8) is 0 Å². The third-order valence-corrected chi connectivity index (χ3v) is 25.5. The van der Waals surface area contributed by atoms with Gasteiger partial charge < -0.3 is 37.3 Å². The molecule has 4 aromatic heterocycles. The maximum atomic E-state index is 7.04. The molecule has 550 valence electrons. The Morgan fingerprint density at radius 2 is 0.419 bits per heavy atom. The maximum Gasteiger partial charge on any atom is 0.159 e. The van der Waals surface area contributed by atoms with E-state index >= 15 is 0 Å². The number of rotatable bonds is 14. The Morgan fingerprint density at radius 3 is 0.701 bits per heavy atom. The molecular formula is C109H70N4O4. The lowest BCUT2D eigenvalue weighted by Gasteiger charge is -2.33. The number of furan rings is 4. The zero-order valence-electron chi connectivity index (χ0n) is 63.5.